The summed E-state index contributed by atoms with van der Waals surface area (Å²) in [6.07, 6.45) is 3.84. The van der Waals surface area contributed by atoms with Crippen LogP contribution in [0.4, 0.5) is 4.79 Å². The highest BCUT2D eigenvalue weighted by Gasteiger charge is 2.32. The lowest BCUT2D eigenvalue weighted by Crippen LogP contribution is -2.41. The van der Waals surface area contributed by atoms with E-state index in [2.05, 4.69) is 0 Å². The Morgan fingerprint density at radius 2 is 1.94 bits per heavy atom. The van der Waals surface area contributed by atoms with Gasteiger partial charge in [-0.15, -0.1) is 0 Å². The summed E-state index contributed by atoms with van der Waals surface area (Å²) in [4.78, 5) is 13.9. The molecule has 1 aliphatic heterocycles. The highest BCUT2D eigenvalue weighted by atomic mass is 16.6. The zero-order valence-corrected chi connectivity index (χ0v) is 12.5. The Morgan fingerprint density at radius 3 is 2.44 bits per heavy atom. The number of amides is 1. The van der Waals surface area contributed by atoms with Crippen molar-refractivity contribution < 1.29 is 9.53 Å². The van der Waals surface area contributed by atoms with Crippen LogP contribution in [0.5, 0.6) is 0 Å². The Morgan fingerprint density at radius 1 is 1.33 bits per heavy atom. The lowest BCUT2D eigenvalue weighted by atomic mass is 9.96. The van der Waals surface area contributed by atoms with Gasteiger partial charge in [0.15, 0.2) is 0 Å². The van der Waals surface area contributed by atoms with Crippen LogP contribution in [0.15, 0.2) is 0 Å². The monoisotopic (exact) mass is 256 g/mol. The van der Waals surface area contributed by atoms with Gasteiger partial charge in [0, 0.05) is 18.1 Å². The molecule has 0 aromatic carbocycles. The van der Waals surface area contributed by atoms with E-state index in [1.54, 1.807) is 0 Å². The molecule has 106 valence electrons. The maximum Gasteiger partial charge on any atom is 0.410 e. The van der Waals surface area contributed by atoms with Gasteiger partial charge in [-0.25, -0.2) is 4.79 Å². The highest BCUT2D eigenvalue weighted by molar-refractivity contribution is 5.68. The Bertz CT molecular complexity index is 289. The van der Waals surface area contributed by atoms with E-state index in [0.29, 0.717) is 6.04 Å². The molecule has 4 heteroatoms. The van der Waals surface area contributed by atoms with Crippen LogP contribution < -0.4 is 5.73 Å². The van der Waals surface area contributed by atoms with Gasteiger partial charge in [-0.2, -0.15) is 0 Å². The predicted molar refractivity (Wildman–Crippen MR) is 73.5 cm³/mol. The standard InChI is InChI=1S/C14H28N2O2/c1-13(2,3)18-12(17)16-10-6-7-11(16)8-9-14(4,5)15/h11H,6-10,15H2,1-5H3. The molecule has 1 aliphatic rings. The number of carbonyl (C=O) groups is 1. The topological polar surface area (TPSA) is 55.6 Å². The number of likely N-dealkylation sites (tertiary alicyclic amines) is 1. The average molecular weight is 256 g/mol. The zero-order chi connectivity index (χ0) is 14.0. The van der Waals surface area contributed by atoms with Crippen LogP contribution in [0, 0.1) is 0 Å². The third-order valence-corrected chi connectivity index (χ3v) is 3.13. The van der Waals surface area contributed by atoms with Crippen molar-refractivity contribution in [3.8, 4) is 0 Å². The van der Waals surface area contributed by atoms with Gasteiger partial charge < -0.3 is 15.4 Å². The fraction of sp³-hybridized carbons (Fsp3) is 0.929. The van der Waals surface area contributed by atoms with E-state index < -0.39 is 5.60 Å². The van der Waals surface area contributed by atoms with E-state index >= 15 is 0 Å². The van der Waals surface area contributed by atoms with E-state index in [0.717, 1.165) is 32.2 Å². The fourth-order valence-electron chi connectivity index (χ4n) is 2.24. The SMILES string of the molecule is CC(C)(N)CCC1CCCN1C(=O)OC(C)(C)C. The Hall–Kier alpha value is -0.770. The number of hydrogen-bond acceptors (Lipinski definition) is 3. The third-order valence-electron chi connectivity index (χ3n) is 3.13. The van der Waals surface area contributed by atoms with Crippen LogP contribution in [0.3, 0.4) is 0 Å². The van der Waals surface area contributed by atoms with Crippen molar-refractivity contribution in [2.75, 3.05) is 6.54 Å². The molecule has 0 radical (unpaired) electrons. The molecule has 0 saturated carbocycles. The molecule has 1 fully saturated rings. The number of carbonyl (C=O) groups excluding carboxylic acids is 1. The Balaban J connectivity index is 2.51. The Labute approximate surface area is 111 Å². The van der Waals surface area contributed by atoms with Crippen molar-refractivity contribution in [1.82, 2.24) is 4.90 Å². The molecule has 0 aromatic heterocycles. The first-order valence-electron chi connectivity index (χ1n) is 6.87. The van der Waals surface area contributed by atoms with Crippen molar-refractivity contribution in [2.45, 2.75) is 77.5 Å². The molecule has 0 aliphatic carbocycles. The van der Waals surface area contributed by atoms with E-state index in [4.69, 9.17) is 10.5 Å². The van der Waals surface area contributed by atoms with Gasteiger partial charge in [0.1, 0.15) is 5.60 Å². The molecule has 18 heavy (non-hydrogen) atoms. The number of nitrogens with zero attached hydrogens (tertiary/aromatic N) is 1. The van der Waals surface area contributed by atoms with Crippen LogP contribution in [0.2, 0.25) is 0 Å². The van der Waals surface area contributed by atoms with E-state index in [1.807, 2.05) is 39.5 Å². The van der Waals surface area contributed by atoms with E-state index in [9.17, 15) is 4.79 Å². The fourth-order valence-corrected chi connectivity index (χ4v) is 2.24. The van der Waals surface area contributed by atoms with Crippen molar-refractivity contribution in [3.05, 3.63) is 0 Å². The van der Waals surface area contributed by atoms with Crippen molar-refractivity contribution in [1.29, 1.82) is 0 Å². The summed E-state index contributed by atoms with van der Waals surface area (Å²) >= 11 is 0. The molecule has 1 unspecified atom stereocenters. The summed E-state index contributed by atoms with van der Waals surface area (Å²) in [6, 6.07) is 0.294. The number of ether oxygens (including phenoxy) is 1. The van der Waals surface area contributed by atoms with Gasteiger partial charge in [-0.1, -0.05) is 0 Å². The smallest absolute Gasteiger partial charge is 0.410 e. The lowest BCUT2D eigenvalue weighted by molar-refractivity contribution is 0.0215. The van der Waals surface area contributed by atoms with Crippen LogP contribution >= 0.6 is 0 Å². The molecule has 0 bridgehead atoms. The minimum absolute atomic E-state index is 0.164. The molecule has 0 aromatic rings. The van der Waals surface area contributed by atoms with Crippen molar-refractivity contribution in [3.63, 3.8) is 0 Å². The summed E-state index contributed by atoms with van der Waals surface area (Å²) in [5, 5.41) is 0. The zero-order valence-electron chi connectivity index (χ0n) is 12.5. The van der Waals surface area contributed by atoms with E-state index in [1.165, 1.54) is 0 Å². The lowest BCUT2D eigenvalue weighted by Gasteiger charge is -2.30. The van der Waals surface area contributed by atoms with Gasteiger partial charge in [0.05, 0.1) is 0 Å². The number of hydrogen-bond donors (Lipinski definition) is 1. The summed E-state index contributed by atoms with van der Waals surface area (Å²) in [7, 11) is 0. The van der Waals surface area contributed by atoms with Gasteiger partial charge in [0.25, 0.3) is 0 Å². The quantitative estimate of drug-likeness (QED) is 0.844. The highest BCUT2D eigenvalue weighted by Crippen LogP contribution is 2.25. The van der Waals surface area contributed by atoms with Crippen LogP contribution in [0.25, 0.3) is 0 Å². The normalized spacial score (nSPS) is 21.2. The molecular formula is C14H28N2O2. The molecular weight excluding hydrogens is 228 g/mol. The molecule has 1 saturated heterocycles. The molecule has 1 amide bonds. The van der Waals surface area contributed by atoms with Crippen molar-refractivity contribution >= 4 is 6.09 Å². The first-order chi connectivity index (χ1) is 8.08. The molecule has 1 rings (SSSR count). The molecule has 0 spiro atoms. The van der Waals surface area contributed by atoms with E-state index in [-0.39, 0.29) is 11.6 Å². The van der Waals surface area contributed by atoms with Gasteiger partial charge in [-0.05, 0) is 60.3 Å². The largest absolute Gasteiger partial charge is 0.444 e. The van der Waals surface area contributed by atoms with Crippen molar-refractivity contribution in [2.24, 2.45) is 5.73 Å². The third kappa shape index (κ3) is 5.25. The minimum atomic E-state index is -0.419. The van der Waals surface area contributed by atoms with Crippen LogP contribution in [-0.4, -0.2) is 34.7 Å². The maximum atomic E-state index is 12.1. The second kappa shape index (κ2) is 5.47. The first kappa shape index (κ1) is 15.3. The first-order valence-corrected chi connectivity index (χ1v) is 6.87. The Kier molecular flexibility index (Phi) is 4.65. The summed E-state index contributed by atoms with van der Waals surface area (Å²) in [5.74, 6) is 0. The summed E-state index contributed by atoms with van der Waals surface area (Å²) in [5.41, 5.74) is 5.42. The molecule has 1 atom stereocenters. The van der Waals surface area contributed by atoms with Crippen LogP contribution in [-0.2, 0) is 4.74 Å². The minimum Gasteiger partial charge on any atom is -0.444 e. The molecule has 4 nitrogen and oxygen atoms in total. The second-order valence-corrected chi connectivity index (χ2v) is 7.00. The molecule has 2 N–H and O–H groups in total. The van der Waals surface area contributed by atoms with Gasteiger partial charge in [-0.3, -0.25) is 0 Å². The summed E-state index contributed by atoms with van der Waals surface area (Å²) < 4.78 is 5.44. The number of nitrogens with two attached hydrogens (primary N) is 1. The van der Waals surface area contributed by atoms with Gasteiger partial charge >= 0.3 is 6.09 Å². The second-order valence-electron chi connectivity index (χ2n) is 7.00. The van der Waals surface area contributed by atoms with Gasteiger partial charge in [0.2, 0.25) is 0 Å². The molecule has 1 heterocycles. The average Bonchev–Trinajstić information content (AvgIpc) is 2.58. The maximum absolute atomic E-state index is 12.1. The predicted octanol–water partition coefficient (Wildman–Crippen LogP) is 2.90. The van der Waals surface area contributed by atoms with Crippen LogP contribution in [0.1, 0.15) is 60.3 Å². The number of rotatable bonds is 3. The summed E-state index contributed by atoms with van der Waals surface area (Å²) in [6.45, 7) is 10.6.